The van der Waals surface area contributed by atoms with Crippen LogP contribution in [0.15, 0.2) is 70.6 Å². The molecule has 0 saturated heterocycles. The molecule has 2 amide bonds. The van der Waals surface area contributed by atoms with Crippen molar-refractivity contribution in [3.8, 4) is 11.5 Å². The van der Waals surface area contributed by atoms with E-state index in [1.165, 1.54) is 24.6 Å². The van der Waals surface area contributed by atoms with E-state index in [1.807, 2.05) is 0 Å². The second-order valence-electron chi connectivity index (χ2n) is 10.8. The van der Waals surface area contributed by atoms with Crippen LogP contribution in [0.5, 0.6) is 11.5 Å². The molecule has 0 heterocycles. The number of nitrogens with zero attached hydrogens (tertiary/aromatic N) is 2. The van der Waals surface area contributed by atoms with Crippen molar-refractivity contribution in [2.24, 2.45) is 9.98 Å². The fourth-order valence-corrected chi connectivity index (χ4v) is 3.27. The summed E-state index contributed by atoms with van der Waals surface area (Å²) in [5.74, 6) is -0.0580. The van der Waals surface area contributed by atoms with E-state index in [2.05, 4.69) is 20.6 Å². The van der Waals surface area contributed by atoms with Gasteiger partial charge in [0.1, 0.15) is 22.7 Å². The van der Waals surface area contributed by atoms with Crippen LogP contribution in [0.2, 0.25) is 0 Å². The van der Waals surface area contributed by atoms with Crippen molar-refractivity contribution in [2.75, 3.05) is 10.6 Å². The quantitative estimate of drug-likeness (QED) is 0.189. The van der Waals surface area contributed by atoms with Gasteiger partial charge in [0.15, 0.2) is 0 Å². The minimum Gasteiger partial charge on any atom is -0.507 e. The fraction of sp³-hybridized carbons (Fsp3) is 0.267. The Labute approximate surface area is 233 Å². The summed E-state index contributed by atoms with van der Waals surface area (Å²) < 4.78 is 10.5. The first-order chi connectivity index (χ1) is 18.7. The Morgan fingerprint density at radius 1 is 0.675 bits per heavy atom. The van der Waals surface area contributed by atoms with Crippen LogP contribution in [0.1, 0.15) is 52.7 Å². The molecule has 0 radical (unpaired) electrons. The van der Waals surface area contributed by atoms with Crippen LogP contribution in [0, 0.1) is 0 Å². The van der Waals surface area contributed by atoms with Gasteiger partial charge in [-0.2, -0.15) is 0 Å². The van der Waals surface area contributed by atoms with Gasteiger partial charge in [-0.05, 0) is 90.1 Å². The summed E-state index contributed by atoms with van der Waals surface area (Å²) in [6.07, 6.45) is 1.67. The van der Waals surface area contributed by atoms with Gasteiger partial charge in [-0.25, -0.2) is 9.59 Å². The molecule has 0 bridgehead atoms. The maximum absolute atomic E-state index is 12.1. The minimum absolute atomic E-state index is 0.0290. The second kappa shape index (κ2) is 12.3. The number of hydrogen-bond donors (Lipinski definition) is 4. The minimum atomic E-state index is -0.651. The van der Waals surface area contributed by atoms with E-state index < -0.39 is 23.4 Å². The van der Waals surface area contributed by atoms with E-state index in [0.717, 1.165) is 0 Å². The fourth-order valence-electron chi connectivity index (χ4n) is 3.27. The number of nitrogens with one attached hydrogen (secondary N) is 2. The van der Waals surface area contributed by atoms with Crippen molar-refractivity contribution >= 4 is 47.4 Å². The monoisotopic (exact) mass is 546 g/mol. The largest absolute Gasteiger partial charge is 0.507 e. The molecular formula is C30H34N4O6. The van der Waals surface area contributed by atoms with Gasteiger partial charge < -0.3 is 19.7 Å². The summed E-state index contributed by atoms with van der Waals surface area (Å²) >= 11 is 0. The highest BCUT2D eigenvalue weighted by atomic mass is 16.6. The normalized spacial score (nSPS) is 11.9. The number of anilines is 2. The molecule has 0 aliphatic heterocycles. The molecule has 3 aromatic rings. The third kappa shape index (κ3) is 9.46. The van der Waals surface area contributed by atoms with Crippen LogP contribution in [-0.4, -0.2) is 46.0 Å². The molecule has 3 rings (SSSR count). The van der Waals surface area contributed by atoms with E-state index >= 15 is 0 Å². The SMILES string of the molecule is CC(C)(C)OC(=O)Nc1ccc(O)c(C=Nc2ccccc2N=Cc2cc(NC(=O)OC(C)(C)C)ccc2O)c1. The third-order valence-corrected chi connectivity index (χ3v) is 4.91. The van der Waals surface area contributed by atoms with Crippen LogP contribution in [0.3, 0.4) is 0 Å². The number of aliphatic imine (C=N–C) groups is 2. The first-order valence-electron chi connectivity index (χ1n) is 12.5. The van der Waals surface area contributed by atoms with Crippen LogP contribution >= 0.6 is 0 Å². The second-order valence-corrected chi connectivity index (χ2v) is 10.8. The van der Waals surface area contributed by atoms with Crippen molar-refractivity contribution in [1.29, 1.82) is 0 Å². The van der Waals surface area contributed by atoms with Crippen LogP contribution in [0.25, 0.3) is 0 Å². The average Bonchev–Trinajstić information content (AvgIpc) is 2.83. The number of carbonyl (C=O) groups is 2. The first kappa shape index (κ1) is 29.7. The topological polar surface area (TPSA) is 142 Å². The van der Waals surface area contributed by atoms with Crippen LogP contribution < -0.4 is 10.6 Å². The predicted molar refractivity (Wildman–Crippen MR) is 157 cm³/mol. The van der Waals surface area contributed by atoms with Crippen molar-refractivity contribution in [3.05, 3.63) is 71.8 Å². The molecule has 10 nitrogen and oxygen atoms in total. The summed E-state index contributed by atoms with van der Waals surface area (Å²) in [7, 11) is 0. The van der Waals surface area contributed by atoms with E-state index in [1.54, 1.807) is 90.1 Å². The molecule has 0 aliphatic carbocycles. The smallest absolute Gasteiger partial charge is 0.412 e. The molecule has 0 aliphatic rings. The highest BCUT2D eigenvalue weighted by molar-refractivity contribution is 5.93. The molecule has 10 heteroatoms. The Morgan fingerprint density at radius 2 is 1.05 bits per heavy atom. The zero-order chi connectivity index (χ0) is 29.5. The van der Waals surface area contributed by atoms with E-state index in [9.17, 15) is 19.8 Å². The van der Waals surface area contributed by atoms with Crippen LogP contribution in [0.4, 0.5) is 32.3 Å². The van der Waals surface area contributed by atoms with Gasteiger partial charge in [-0.15, -0.1) is 0 Å². The van der Waals surface area contributed by atoms with Crippen molar-refractivity contribution < 1.29 is 29.3 Å². The molecule has 0 atom stereocenters. The molecule has 210 valence electrons. The Morgan fingerprint density at radius 3 is 1.40 bits per heavy atom. The highest BCUT2D eigenvalue weighted by Crippen LogP contribution is 2.29. The van der Waals surface area contributed by atoms with Gasteiger partial charge >= 0.3 is 12.2 Å². The van der Waals surface area contributed by atoms with Crippen LogP contribution in [-0.2, 0) is 9.47 Å². The Kier molecular flexibility index (Phi) is 9.15. The molecular weight excluding hydrogens is 512 g/mol. The average molecular weight is 547 g/mol. The number of rotatable bonds is 6. The van der Waals surface area contributed by atoms with Crippen molar-refractivity contribution in [1.82, 2.24) is 0 Å². The standard InChI is InChI=1S/C30H34N4O6/c1-29(2,3)39-27(37)33-21-11-13-25(35)19(15-21)17-31-23-9-7-8-10-24(23)32-18-20-16-22(12-14-26(20)36)34-28(38)40-30(4,5)6/h7-18,35-36H,1-6H3,(H,33,37)(H,34,38). The summed E-state index contributed by atoms with van der Waals surface area (Å²) in [5.41, 5.74) is 1.27. The summed E-state index contributed by atoms with van der Waals surface area (Å²) in [5, 5.41) is 25.9. The number of phenols is 2. The molecule has 0 saturated carbocycles. The lowest BCUT2D eigenvalue weighted by atomic mass is 10.2. The van der Waals surface area contributed by atoms with Gasteiger partial charge in [0.2, 0.25) is 0 Å². The van der Waals surface area contributed by atoms with Gasteiger partial charge in [0, 0.05) is 34.9 Å². The van der Waals surface area contributed by atoms with Crippen molar-refractivity contribution in [2.45, 2.75) is 52.7 Å². The summed E-state index contributed by atoms with van der Waals surface area (Å²) in [6, 6.07) is 16.2. The molecule has 0 fully saturated rings. The molecule has 0 spiro atoms. The number of phenolic OH excluding ortho intramolecular Hbond substituents is 2. The number of para-hydroxylation sites is 2. The lowest BCUT2D eigenvalue weighted by molar-refractivity contribution is 0.0624. The zero-order valence-electron chi connectivity index (χ0n) is 23.4. The molecule has 40 heavy (non-hydrogen) atoms. The Hall–Kier alpha value is -4.86. The van der Waals surface area contributed by atoms with Gasteiger partial charge in [-0.1, -0.05) is 12.1 Å². The maximum Gasteiger partial charge on any atom is 0.412 e. The highest BCUT2D eigenvalue weighted by Gasteiger charge is 2.17. The summed E-state index contributed by atoms with van der Waals surface area (Å²) in [6.45, 7) is 10.6. The molecule has 0 unspecified atom stereocenters. The first-order valence-corrected chi connectivity index (χ1v) is 12.5. The Bertz CT molecular complexity index is 1330. The number of carbonyl (C=O) groups excluding carboxylic acids is 2. The summed E-state index contributed by atoms with van der Waals surface area (Å²) in [4.78, 5) is 33.1. The number of benzene rings is 3. The molecule has 3 aromatic carbocycles. The van der Waals surface area contributed by atoms with Gasteiger partial charge in [0.25, 0.3) is 0 Å². The number of aromatic hydroxyl groups is 2. The maximum atomic E-state index is 12.1. The lowest BCUT2D eigenvalue weighted by Gasteiger charge is -2.19. The van der Waals surface area contributed by atoms with E-state index in [0.29, 0.717) is 33.9 Å². The van der Waals surface area contributed by atoms with E-state index in [-0.39, 0.29) is 11.5 Å². The number of ether oxygens (including phenoxy) is 2. The lowest BCUT2D eigenvalue weighted by Crippen LogP contribution is -2.27. The van der Waals surface area contributed by atoms with Gasteiger partial charge in [-0.3, -0.25) is 20.6 Å². The molecule has 4 N–H and O–H groups in total. The Balaban J connectivity index is 1.79. The van der Waals surface area contributed by atoms with Gasteiger partial charge in [0.05, 0.1) is 11.4 Å². The van der Waals surface area contributed by atoms with E-state index in [4.69, 9.17) is 9.47 Å². The number of amides is 2. The zero-order valence-corrected chi connectivity index (χ0v) is 23.4. The number of hydrogen-bond acceptors (Lipinski definition) is 8. The third-order valence-electron chi connectivity index (χ3n) is 4.91. The van der Waals surface area contributed by atoms with Crippen molar-refractivity contribution in [3.63, 3.8) is 0 Å². The molecule has 0 aromatic heterocycles. The predicted octanol–water partition coefficient (Wildman–Crippen LogP) is 7.29.